The highest BCUT2D eigenvalue weighted by Gasteiger charge is 2.54. The lowest BCUT2D eigenvalue weighted by molar-refractivity contribution is 0.0206. The molecule has 17 heavy (non-hydrogen) atoms. The maximum atomic E-state index is 12.0. The molecule has 3 rings (SSSR count). The molecule has 0 N–H and O–H groups in total. The number of ether oxygens (including phenoxy) is 2. The van der Waals surface area contributed by atoms with Crippen LogP contribution in [0.25, 0.3) is 0 Å². The highest BCUT2D eigenvalue weighted by Crippen LogP contribution is 2.47. The van der Waals surface area contributed by atoms with E-state index in [2.05, 4.69) is 0 Å². The second-order valence-corrected chi connectivity index (χ2v) is 6.50. The predicted molar refractivity (Wildman–Crippen MR) is 62.7 cm³/mol. The first-order chi connectivity index (χ1) is 7.94. The third-order valence-corrected chi connectivity index (χ3v) is 4.10. The molecule has 0 radical (unpaired) electrons. The lowest BCUT2D eigenvalue weighted by Gasteiger charge is -2.25. The summed E-state index contributed by atoms with van der Waals surface area (Å²) in [6.07, 6.45) is 2.99. The summed E-state index contributed by atoms with van der Waals surface area (Å²) in [6.45, 7) is 7.37. The van der Waals surface area contributed by atoms with Gasteiger partial charge in [-0.15, -0.1) is 0 Å². The van der Waals surface area contributed by atoms with Crippen molar-refractivity contribution in [1.82, 2.24) is 4.90 Å². The topological polar surface area (TPSA) is 38.8 Å². The molecule has 0 saturated carbocycles. The molecule has 3 saturated heterocycles. The molecule has 4 nitrogen and oxygen atoms in total. The molecular formula is C13H21NO3. The summed E-state index contributed by atoms with van der Waals surface area (Å²) in [5.74, 6) is 1.11. The Bertz CT molecular complexity index is 318. The van der Waals surface area contributed by atoms with Crippen LogP contribution in [-0.2, 0) is 9.47 Å². The number of amides is 1. The van der Waals surface area contributed by atoms with E-state index < -0.39 is 5.60 Å². The van der Waals surface area contributed by atoms with Crippen molar-refractivity contribution >= 4 is 6.09 Å². The minimum absolute atomic E-state index is 0.161. The number of hydrogen-bond acceptors (Lipinski definition) is 3. The molecule has 3 heterocycles. The van der Waals surface area contributed by atoms with Gasteiger partial charge in [-0.3, -0.25) is 0 Å². The quantitative estimate of drug-likeness (QED) is 0.649. The van der Waals surface area contributed by atoms with Crippen molar-refractivity contribution in [2.45, 2.75) is 51.4 Å². The van der Waals surface area contributed by atoms with E-state index in [-0.39, 0.29) is 6.09 Å². The average Bonchev–Trinajstić information content (AvgIpc) is 2.87. The van der Waals surface area contributed by atoms with Crippen LogP contribution in [0.4, 0.5) is 4.79 Å². The standard InChI is InChI=1S/C13H21NO3/c1-13(2,3)17-12(15)14-6-8-9(7-14)11-5-4-10(8)16-11/h8-11H,4-7H2,1-3H3/t8-,9+,10-,11+. The molecule has 0 unspecified atom stereocenters. The molecule has 3 aliphatic rings. The van der Waals surface area contributed by atoms with Crippen molar-refractivity contribution in [1.29, 1.82) is 0 Å². The first kappa shape index (κ1) is 11.3. The van der Waals surface area contributed by atoms with E-state index in [0.29, 0.717) is 24.0 Å². The minimum atomic E-state index is -0.399. The highest BCUT2D eigenvalue weighted by atomic mass is 16.6. The summed E-state index contributed by atoms with van der Waals surface area (Å²) < 4.78 is 11.3. The third-order valence-electron chi connectivity index (χ3n) is 4.10. The second-order valence-electron chi connectivity index (χ2n) is 6.50. The van der Waals surface area contributed by atoms with Gasteiger partial charge < -0.3 is 14.4 Å². The van der Waals surface area contributed by atoms with Gasteiger partial charge in [0.1, 0.15) is 5.60 Å². The molecule has 1 amide bonds. The molecule has 4 atom stereocenters. The lowest BCUT2D eigenvalue weighted by Crippen LogP contribution is -2.36. The SMILES string of the molecule is CC(C)(C)OC(=O)N1C[C@@H]2[C@H](C1)[C@@H]1CC[C@H]2O1. The zero-order valence-electron chi connectivity index (χ0n) is 10.8. The zero-order chi connectivity index (χ0) is 12.2. The zero-order valence-corrected chi connectivity index (χ0v) is 10.8. The van der Waals surface area contributed by atoms with Crippen LogP contribution in [0.3, 0.4) is 0 Å². The number of carbonyl (C=O) groups excluding carboxylic acids is 1. The Hall–Kier alpha value is -0.770. The van der Waals surface area contributed by atoms with Crippen LogP contribution >= 0.6 is 0 Å². The molecule has 4 heteroatoms. The van der Waals surface area contributed by atoms with Crippen molar-refractivity contribution in [2.24, 2.45) is 11.8 Å². The fourth-order valence-electron chi connectivity index (χ4n) is 3.44. The summed E-state index contributed by atoms with van der Waals surface area (Å²) >= 11 is 0. The maximum absolute atomic E-state index is 12.0. The number of nitrogens with zero attached hydrogens (tertiary/aromatic N) is 1. The van der Waals surface area contributed by atoms with Crippen LogP contribution in [0, 0.1) is 11.8 Å². The largest absolute Gasteiger partial charge is 0.444 e. The average molecular weight is 239 g/mol. The van der Waals surface area contributed by atoms with E-state index in [1.165, 1.54) is 12.8 Å². The smallest absolute Gasteiger partial charge is 0.410 e. The van der Waals surface area contributed by atoms with Gasteiger partial charge in [-0.05, 0) is 33.6 Å². The van der Waals surface area contributed by atoms with Gasteiger partial charge >= 0.3 is 6.09 Å². The van der Waals surface area contributed by atoms with Crippen molar-refractivity contribution in [3.05, 3.63) is 0 Å². The minimum Gasteiger partial charge on any atom is -0.444 e. The molecule has 0 spiro atoms. The van der Waals surface area contributed by atoms with E-state index in [4.69, 9.17) is 9.47 Å². The molecule has 2 bridgehead atoms. The van der Waals surface area contributed by atoms with Crippen LogP contribution in [0.5, 0.6) is 0 Å². The van der Waals surface area contributed by atoms with Gasteiger partial charge in [0, 0.05) is 24.9 Å². The van der Waals surface area contributed by atoms with E-state index >= 15 is 0 Å². The fourth-order valence-corrected chi connectivity index (χ4v) is 3.44. The van der Waals surface area contributed by atoms with E-state index in [9.17, 15) is 4.79 Å². The van der Waals surface area contributed by atoms with Gasteiger partial charge in [-0.1, -0.05) is 0 Å². The normalized spacial score (nSPS) is 39.6. The van der Waals surface area contributed by atoms with Gasteiger partial charge in [0.25, 0.3) is 0 Å². The highest BCUT2D eigenvalue weighted by molar-refractivity contribution is 5.68. The molecule has 3 fully saturated rings. The van der Waals surface area contributed by atoms with Crippen LogP contribution in [0.15, 0.2) is 0 Å². The van der Waals surface area contributed by atoms with Crippen molar-refractivity contribution in [3.8, 4) is 0 Å². The fraction of sp³-hybridized carbons (Fsp3) is 0.923. The van der Waals surface area contributed by atoms with Crippen molar-refractivity contribution in [2.75, 3.05) is 13.1 Å². The van der Waals surface area contributed by atoms with Gasteiger partial charge in [-0.2, -0.15) is 0 Å². The van der Waals surface area contributed by atoms with Crippen molar-refractivity contribution < 1.29 is 14.3 Å². The monoisotopic (exact) mass is 239 g/mol. The number of carbonyl (C=O) groups is 1. The molecular weight excluding hydrogens is 218 g/mol. The Morgan fingerprint density at radius 1 is 1.18 bits per heavy atom. The molecule has 96 valence electrons. The molecule has 0 aromatic heterocycles. The predicted octanol–water partition coefficient (Wildman–Crippen LogP) is 2.03. The first-order valence-corrected chi connectivity index (χ1v) is 6.57. The second kappa shape index (κ2) is 3.61. The Morgan fingerprint density at radius 2 is 1.71 bits per heavy atom. The number of fused-ring (bicyclic) bond motifs is 5. The first-order valence-electron chi connectivity index (χ1n) is 6.57. The summed E-state index contributed by atoms with van der Waals surface area (Å²) in [5, 5.41) is 0. The maximum Gasteiger partial charge on any atom is 0.410 e. The van der Waals surface area contributed by atoms with Gasteiger partial charge in [0.2, 0.25) is 0 Å². The van der Waals surface area contributed by atoms with E-state index in [1.807, 2.05) is 25.7 Å². The van der Waals surface area contributed by atoms with Crippen LogP contribution in [-0.4, -0.2) is 41.9 Å². The number of rotatable bonds is 0. The summed E-state index contributed by atoms with van der Waals surface area (Å²) in [6, 6.07) is 0. The van der Waals surface area contributed by atoms with Crippen LogP contribution < -0.4 is 0 Å². The molecule has 0 aromatic carbocycles. The Labute approximate surface area is 102 Å². The van der Waals surface area contributed by atoms with E-state index in [0.717, 1.165) is 13.1 Å². The Morgan fingerprint density at radius 3 is 2.18 bits per heavy atom. The van der Waals surface area contributed by atoms with Gasteiger partial charge in [0.05, 0.1) is 12.2 Å². The van der Waals surface area contributed by atoms with Gasteiger partial charge in [-0.25, -0.2) is 4.79 Å². The molecule has 3 aliphatic heterocycles. The Balaban J connectivity index is 1.63. The molecule has 0 aromatic rings. The summed E-state index contributed by atoms with van der Waals surface area (Å²) in [5.41, 5.74) is -0.399. The Kier molecular flexibility index (Phi) is 2.41. The third kappa shape index (κ3) is 1.92. The van der Waals surface area contributed by atoms with E-state index in [1.54, 1.807) is 0 Å². The summed E-state index contributed by atoms with van der Waals surface area (Å²) in [4.78, 5) is 13.9. The van der Waals surface area contributed by atoms with Crippen LogP contribution in [0.1, 0.15) is 33.6 Å². The van der Waals surface area contributed by atoms with Gasteiger partial charge in [0.15, 0.2) is 0 Å². The lowest BCUT2D eigenvalue weighted by atomic mass is 9.82. The summed E-state index contributed by atoms with van der Waals surface area (Å²) in [7, 11) is 0. The molecule has 0 aliphatic carbocycles. The van der Waals surface area contributed by atoms with Crippen molar-refractivity contribution in [3.63, 3.8) is 0 Å². The van der Waals surface area contributed by atoms with Crippen LogP contribution in [0.2, 0.25) is 0 Å². The number of hydrogen-bond donors (Lipinski definition) is 0. The number of likely N-dealkylation sites (tertiary alicyclic amines) is 1.